The van der Waals surface area contributed by atoms with Crippen LogP contribution in [-0.2, 0) is 11.8 Å². The maximum absolute atomic E-state index is 13.9. The lowest BCUT2D eigenvalue weighted by molar-refractivity contribution is -0.0384. The average Bonchev–Trinajstić information content (AvgIpc) is 2.84. The normalized spacial score (nSPS) is 23.0. The molecule has 35 heavy (non-hydrogen) atoms. The van der Waals surface area contributed by atoms with Gasteiger partial charge in [-0.1, -0.05) is 0 Å². The SMILES string of the molecule is Cc1nc2c(C3CCC(F)(F)CC3)nc([C@H]3CCO[C@@H](c4ccc(=O)n(C)c4)C3)cn2c(=O)c1C. The minimum Gasteiger partial charge on any atom is -0.373 e. The average molecular weight is 485 g/mol. The smallest absolute Gasteiger partial charge is 0.261 e. The zero-order chi connectivity index (χ0) is 24.9. The van der Waals surface area contributed by atoms with Gasteiger partial charge in [0.25, 0.3) is 5.56 Å². The van der Waals surface area contributed by atoms with E-state index in [1.54, 1.807) is 43.8 Å². The van der Waals surface area contributed by atoms with Gasteiger partial charge < -0.3 is 9.30 Å². The summed E-state index contributed by atoms with van der Waals surface area (Å²) in [4.78, 5) is 34.7. The summed E-state index contributed by atoms with van der Waals surface area (Å²) in [6.45, 7) is 4.06. The summed E-state index contributed by atoms with van der Waals surface area (Å²) in [5, 5.41) is 0. The van der Waals surface area contributed by atoms with Crippen LogP contribution in [0.3, 0.4) is 0 Å². The third kappa shape index (κ3) is 4.53. The molecule has 2 atom stereocenters. The first-order chi connectivity index (χ1) is 16.6. The summed E-state index contributed by atoms with van der Waals surface area (Å²) in [6, 6.07) is 3.32. The van der Waals surface area contributed by atoms with E-state index in [1.165, 1.54) is 10.6 Å². The molecular weight excluding hydrogens is 454 g/mol. The first kappa shape index (κ1) is 23.8. The Morgan fingerprint density at radius 1 is 1.03 bits per heavy atom. The van der Waals surface area contributed by atoms with Crippen molar-refractivity contribution in [3.8, 4) is 0 Å². The molecule has 0 aromatic carbocycles. The number of halogens is 2. The Kier molecular flexibility index (Phi) is 6.07. The van der Waals surface area contributed by atoms with E-state index >= 15 is 0 Å². The van der Waals surface area contributed by atoms with Crippen LogP contribution in [0.2, 0.25) is 0 Å². The van der Waals surface area contributed by atoms with Crippen molar-refractivity contribution >= 4 is 5.65 Å². The summed E-state index contributed by atoms with van der Waals surface area (Å²) >= 11 is 0. The first-order valence-electron chi connectivity index (χ1n) is 12.2. The fraction of sp³-hybridized carbons (Fsp3) is 0.538. The Morgan fingerprint density at radius 2 is 1.77 bits per heavy atom. The third-order valence-electron chi connectivity index (χ3n) is 7.61. The van der Waals surface area contributed by atoms with E-state index in [9.17, 15) is 18.4 Å². The number of ether oxygens (including phenoxy) is 1. The fourth-order valence-corrected chi connectivity index (χ4v) is 5.27. The van der Waals surface area contributed by atoms with Gasteiger partial charge in [-0.3, -0.25) is 19.0 Å². The van der Waals surface area contributed by atoms with E-state index in [0.717, 1.165) is 17.7 Å². The highest BCUT2D eigenvalue weighted by atomic mass is 19.3. The molecule has 2 fully saturated rings. The molecule has 1 aliphatic carbocycles. The van der Waals surface area contributed by atoms with Gasteiger partial charge in [-0.15, -0.1) is 0 Å². The molecule has 9 heteroatoms. The zero-order valence-corrected chi connectivity index (χ0v) is 20.3. The van der Waals surface area contributed by atoms with Crippen LogP contribution >= 0.6 is 0 Å². The van der Waals surface area contributed by atoms with Gasteiger partial charge in [0, 0.05) is 68.0 Å². The Balaban J connectivity index is 1.56. The molecule has 7 nitrogen and oxygen atoms in total. The van der Waals surface area contributed by atoms with Gasteiger partial charge in [0.1, 0.15) is 0 Å². The summed E-state index contributed by atoms with van der Waals surface area (Å²) in [7, 11) is 1.71. The Morgan fingerprint density at radius 3 is 2.49 bits per heavy atom. The van der Waals surface area contributed by atoms with Crippen molar-refractivity contribution in [1.82, 2.24) is 18.9 Å². The van der Waals surface area contributed by atoms with Crippen LogP contribution in [0, 0.1) is 13.8 Å². The number of rotatable bonds is 3. The number of nitrogens with zero attached hydrogens (tertiary/aromatic N) is 4. The molecule has 0 N–H and O–H groups in total. The number of alkyl halides is 2. The maximum Gasteiger partial charge on any atom is 0.261 e. The molecule has 4 heterocycles. The molecule has 3 aromatic rings. The predicted molar refractivity (Wildman–Crippen MR) is 127 cm³/mol. The van der Waals surface area contributed by atoms with Gasteiger partial charge in [0.2, 0.25) is 11.5 Å². The van der Waals surface area contributed by atoms with Crippen molar-refractivity contribution in [2.75, 3.05) is 6.61 Å². The molecule has 0 spiro atoms. The Labute approximate surface area is 201 Å². The monoisotopic (exact) mass is 484 g/mol. The van der Waals surface area contributed by atoms with Crippen LogP contribution in [0.15, 0.2) is 34.1 Å². The van der Waals surface area contributed by atoms with Crippen molar-refractivity contribution in [3.05, 3.63) is 73.4 Å². The fourth-order valence-electron chi connectivity index (χ4n) is 5.27. The van der Waals surface area contributed by atoms with Gasteiger partial charge in [-0.25, -0.2) is 13.8 Å². The minimum absolute atomic E-state index is 0.0210. The van der Waals surface area contributed by atoms with Crippen LogP contribution in [0.5, 0.6) is 0 Å². The molecule has 1 saturated carbocycles. The van der Waals surface area contributed by atoms with Crippen LogP contribution in [0.25, 0.3) is 5.65 Å². The second kappa shape index (κ2) is 8.93. The standard InChI is InChI=1S/C26H30F2N4O3/c1-15-16(2)29-24-23(17-6-9-26(27,28)10-7-17)30-20(14-32(24)25(15)34)18-8-11-35-21(12-18)19-4-5-22(33)31(3)13-19/h4-5,13-14,17-18,21H,6-12H2,1-3H3/t18-,21+/m0/s1. The summed E-state index contributed by atoms with van der Waals surface area (Å²) in [6.07, 6.45) is 5.00. The lowest BCUT2D eigenvalue weighted by atomic mass is 9.84. The highest BCUT2D eigenvalue weighted by Gasteiger charge is 2.37. The van der Waals surface area contributed by atoms with E-state index in [4.69, 9.17) is 9.72 Å². The highest BCUT2D eigenvalue weighted by Crippen LogP contribution is 2.42. The van der Waals surface area contributed by atoms with Crippen LogP contribution in [0.4, 0.5) is 8.78 Å². The number of aromatic nitrogens is 4. The van der Waals surface area contributed by atoms with Crippen molar-refractivity contribution in [2.24, 2.45) is 7.05 Å². The zero-order valence-electron chi connectivity index (χ0n) is 20.3. The minimum atomic E-state index is -2.65. The highest BCUT2D eigenvalue weighted by molar-refractivity contribution is 5.48. The van der Waals surface area contributed by atoms with E-state index in [-0.39, 0.29) is 41.9 Å². The van der Waals surface area contributed by atoms with E-state index in [1.807, 2.05) is 0 Å². The molecule has 0 amide bonds. The lowest BCUT2D eigenvalue weighted by Gasteiger charge is -2.31. The predicted octanol–water partition coefficient (Wildman–Crippen LogP) is 4.33. The summed E-state index contributed by atoms with van der Waals surface area (Å²) < 4.78 is 36.9. The van der Waals surface area contributed by atoms with Crippen molar-refractivity contribution in [2.45, 2.75) is 76.2 Å². The quantitative estimate of drug-likeness (QED) is 0.553. The number of fused-ring (bicyclic) bond motifs is 1. The topological polar surface area (TPSA) is 78.5 Å². The van der Waals surface area contributed by atoms with Crippen LogP contribution in [-0.4, -0.2) is 31.5 Å². The molecule has 2 aliphatic rings. The summed E-state index contributed by atoms with van der Waals surface area (Å²) in [5.74, 6) is -2.80. The van der Waals surface area contributed by atoms with Crippen molar-refractivity contribution in [3.63, 3.8) is 0 Å². The molecule has 1 saturated heterocycles. The lowest BCUT2D eigenvalue weighted by Crippen LogP contribution is -2.28. The number of hydrogen-bond donors (Lipinski definition) is 0. The van der Waals surface area contributed by atoms with Gasteiger partial charge >= 0.3 is 0 Å². The summed E-state index contributed by atoms with van der Waals surface area (Å²) in [5.41, 5.74) is 3.75. The molecule has 0 bridgehead atoms. The molecular formula is C26H30F2N4O3. The Bertz CT molecular complexity index is 1390. The molecule has 186 valence electrons. The van der Waals surface area contributed by atoms with E-state index < -0.39 is 5.92 Å². The van der Waals surface area contributed by atoms with Crippen LogP contribution < -0.4 is 11.1 Å². The molecule has 1 aliphatic heterocycles. The van der Waals surface area contributed by atoms with Crippen LogP contribution in [0.1, 0.15) is 84.7 Å². The van der Waals surface area contributed by atoms with Gasteiger partial charge in [0.15, 0.2) is 5.65 Å². The molecule has 3 aromatic heterocycles. The maximum atomic E-state index is 13.9. The second-order valence-electron chi connectivity index (χ2n) is 9.99. The van der Waals surface area contributed by atoms with Gasteiger partial charge in [0.05, 0.1) is 17.5 Å². The first-order valence-corrected chi connectivity index (χ1v) is 12.2. The largest absolute Gasteiger partial charge is 0.373 e. The molecule has 0 radical (unpaired) electrons. The molecule has 5 rings (SSSR count). The van der Waals surface area contributed by atoms with E-state index in [0.29, 0.717) is 48.5 Å². The number of hydrogen-bond acceptors (Lipinski definition) is 5. The number of pyridine rings is 1. The number of aryl methyl sites for hydroxylation is 2. The van der Waals surface area contributed by atoms with Crippen molar-refractivity contribution < 1.29 is 13.5 Å². The van der Waals surface area contributed by atoms with E-state index in [2.05, 4.69) is 4.98 Å². The van der Waals surface area contributed by atoms with Crippen molar-refractivity contribution in [1.29, 1.82) is 0 Å². The second-order valence-corrected chi connectivity index (χ2v) is 9.99. The third-order valence-corrected chi connectivity index (χ3v) is 7.61. The van der Waals surface area contributed by atoms with Gasteiger partial charge in [-0.2, -0.15) is 0 Å². The Hall–Kier alpha value is -2.94. The molecule has 0 unspecified atom stereocenters. The van der Waals surface area contributed by atoms with Gasteiger partial charge in [-0.05, 0) is 51.2 Å².